The molecule has 0 unspecified atom stereocenters. The topological polar surface area (TPSA) is 89.9 Å². The first-order valence-corrected chi connectivity index (χ1v) is 7.69. The summed E-state index contributed by atoms with van der Waals surface area (Å²) in [4.78, 5) is 25.3. The average Bonchev–Trinajstić information content (AvgIpc) is 3.03. The normalized spacial score (nSPS) is 32.6. The Labute approximate surface area is 149 Å². The van der Waals surface area contributed by atoms with Gasteiger partial charge in [-0.1, -0.05) is 18.7 Å². The van der Waals surface area contributed by atoms with Crippen LogP contribution in [-0.4, -0.2) is 46.1 Å². The Hall–Kier alpha value is -0.0500. The summed E-state index contributed by atoms with van der Waals surface area (Å²) in [6, 6.07) is 0. The standard InChI is InChI=1S/C13H17NO5S.Na/c1-2-6(15)8-11(16)14-9(13(17)18)10(20-12(8)14)7-4-3-5-19-7;/h6-8,12,15H,2-5H2,1H3,(H,17,18);/q;+1/p-1/t6-,7-,8+,12-;/m1./s1. The Morgan fingerprint density at radius 2 is 2.33 bits per heavy atom. The molecule has 0 saturated carbocycles. The third-order valence-corrected chi connectivity index (χ3v) is 5.51. The second kappa shape index (κ2) is 6.60. The van der Waals surface area contributed by atoms with E-state index in [9.17, 15) is 19.8 Å². The number of thioether (sulfide) groups is 1. The largest absolute Gasteiger partial charge is 1.00 e. The van der Waals surface area contributed by atoms with Crippen LogP contribution in [0.5, 0.6) is 0 Å². The van der Waals surface area contributed by atoms with Gasteiger partial charge in [-0.15, -0.1) is 0 Å². The first-order chi connectivity index (χ1) is 9.56. The van der Waals surface area contributed by atoms with Gasteiger partial charge in [0.25, 0.3) is 0 Å². The fourth-order valence-electron chi connectivity index (χ4n) is 2.97. The monoisotopic (exact) mass is 321 g/mol. The maximum atomic E-state index is 12.1. The number of hydrogen-bond acceptors (Lipinski definition) is 6. The van der Waals surface area contributed by atoms with Crippen molar-refractivity contribution in [1.82, 2.24) is 4.90 Å². The van der Waals surface area contributed by atoms with Gasteiger partial charge < -0.3 is 19.7 Å². The van der Waals surface area contributed by atoms with Crippen LogP contribution in [0, 0.1) is 5.92 Å². The molecule has 1 N–H and O–H groups in total. The predicted molar refractivity (Wildman–Crippen MR) is 69.0 cm³/mol. The first-order valence-electron chi connectivity index (χ1n) is 6.81. The van der Waals surface area contributed by atoms with Crippen molar-refractivity contribution in [3.63, 3.8) is 0 Å². The number of carbonyl (C=O) groups is 2. The summed E-state index contributed by atoms with van der Waals surface area (Å²) in [5.41, 5.74) is -0.0588. The number of aliphatic hydroxyl groups excluding tert-OH is 1. The molecule has 3 aliphatic rings. The molecule has 3 heterocycles. The third kappa shape index (κ3) is 2.68. The van der Waals surface area contributed by atoms with E-state index in [1.807, 2.05) is 0 Å². The number of fused-ring (bicyclic) bond motifs is 1. The quantitative estimate of drug-likeness (QED) is 0.426. The molecule has 4 atom stereocenters. The number of aliphatic carboxylic acids is 1. The van der Waals surface area contributed by atoms with Gasteiger partial charge in [-0.25, -0.2) is 0 Å². The Morgan fingerprint density at radius 3 is 2.86 bits per heavy atom. The van der Waals surface area contributed by atoms with Crippen LogP contribution in [0.15, 0.2) is 10.6 Å². The Bertz CT molecular complexity index is 491. The minimum atomic E-state index is -1.34. The van der Waals surface area contributed by atoms with Crippen LogP contribution in [0.1, 0.15) is 26.2 Å². The second-order valence-electron chi connectivity index (χ2n) is 5.22. The zero-order valence-corrected chi connectivity index (χ0v) is 14.9. The summed E-state index contributed by atoms with van der Waals surface area (Å²) in [6.07, 6.45) is 1.12. The molecule has 2 saturated heterocycles. The van der Waals surface area contributed by atoms with E-state index in [1.165, 1.54) is 16.7 Å². The van der Waals surface area contributed by atoms with Gasteiger partial charge >= 0.3 is 29.6 Å². The minimum Gasteiger partial charge on any atom is -0.543 e. The number of amides is 1. The summed E-state index contributed by atoms with van der Waals surface area (Å²) in [5.74, 6) is -2.20. The number of β-lactam (4-membered cyclic amide) rings is 1. The minimum absolute atomic E-state index is 0. The maximum absolute atomic E-state index is 12.1. The van der Waals surface area contributed by atoms with Gasteiger partial charge in [0, 0.05) is 11.5 Å². The van der Waals surface area contributed by atoms with E-state index >= 15 is 0 Å². The van der Waals surface area contributed by atoms with Crippen LogP contribution in [0.3, 0.4) is 0 Å². The van der Waals surface area contributed by atoms with Crippen molar-refractivity contribution in [2.45, 2.75) is 43.8 Å². The molecule has 0 bridgehead atoms. The SMILES string of the molecule is CC[C@@H](O)[C@H]1C(=O)N2C(C(=O)[O-])=C([C@H]3CCCO3)S[C@H]12.[Na+]. The van der Waals surface area contributed by atoms with Crippen LogP contribution in [0.2, 0.25) is 0 Å². The molecule has 0 aromatic rings. The number of ether oxygens (including phenoxy) is 1. The van der Waals surface area contributed by atoms with Crippen molar-refractivity contribution in [3.8, 4) is 0 Å². The zero-order chi connectivity index (χ0) is 14.4. The van der Waals surface area contributed by atoms with E-state index in [2.05, 4.69) is 0 Å². The molecule has 3 aliphatic heterocycles. The van der Waals surface area contributed by atoms with Gasteiger partial charge in [0.15, 0.2) is 0 Å². The second-order valence-corrected chi connectivity index (χ2v) is 6.38. The van der Waals surface area contributed by atoms with Crippen molar-refractivity contribution >= 4 is 23.6 Å². The number of carbonyl (C=O) groups excluding carboxylic acids is 2. The number of hydrogen-bond donors (Lipinski definition) is 1. The van der Waals surface area contributed by atoms with E-state index in [0.29, 0.717) is 17.9 Å². The Kier molecular flexibility index (Phi) is 5.44. The fourth-order valence-corrected chi connectivity index (χ4v) is 4.63. The molecule has 21 heavy (non-hydrogen) atoms. The van der Waals surface area contributed by atoms with Crippen LogP contribution in [-0.2, 0) is 14.3 Å². The van der Waals surface area contributed by atoms with E-state index < -0.39 is 18.0 Å². The molecule has 0 aliphatic carbocycles. The van der Waals surface area contributed by atoms with E-state index in [0.717, 1.165) is 12.8 Å². The van der Waals surface area contributed by atoms with Crippen molar-refractivity contribution < 1.29 is 54.1 Å². The molecule has 0 spiro atoms. The zero-order valence-electron chi connectivity index (χ0n) is 12.1. The van der Waals surface area contributed by atoms with Crippen LogP contribution >= 0.6 is 11.8 Å². The van der Waals surface area contributed by atoms with Crippen LogP contribution in [0.4, 0.5) is 0 Å². The van der Waals surface area contributed by atoms with Gasteiger partial charge in [-0.2, -0.15) is 0 Å². The molecule has 0 aromatic heterocycles. The molecule has 6 nitrogen and oxygen atoms in total. The van der Waals surface area contributed by atoms with Crippen LogP contribution in [0.25, 0.3) is 0 Å². The summed E-state index contributed by atoms with van der Waals surface area (Å²) in [6.45, 7) is 2.41. The van der Waals surface area contributed by atoms with E-state index in [1.54, 1.807) is 6.92 Å². The van der Waals surface area contributed by atoms with Gasteiger partial charge in [0.05, 0.1) is 29.8 Å². The van der Waals surface area contributed by atoms with Crippen molar-refractivity contribution in [3.05, 3.63) is 10.6 Å². The van der Waals surface area contributed by atoms with Gasteiger partial charge in [-0.05, 0) is 19.3 Å². The molecule has 0 radical (unpaired) electrons. The number of carboxylic acid groups (broad SMARTS) is 1. The fraction of sp³-hybridized carbons (Fsp3) is 0.692. The smallest absolute Gasteiger partial charge is 0.543 e. The molecule has 0 aromatic carbocycles. The van der Waals surface area contributed by atoms with Gasteiger partial charge in [0.1, 0.15) is 5.37 Å². The summed E-state index contributed by atoms with van der Waals surface area (Å²) in [5, 5.41) is 20.9. The Balaban J connectivity index is 0.00000161. The Morgan fingerprint density at radius 1 is 1.62 bits per heavy atom. The first kappa shape index (κ1) is 17.3. The molecule has 1 amide bonds. The van der Waals surface area contributed by atoms with Gasteiger partial charge in [-0.3, -0.25) is 9.69 Å². The molecule has 3 rings (SSSR count). The number of rotatable bonds is 4. The van der Waals surface area contributed by atoms with Crippen molar-refractivity contribution in [2.24, 2.45) is 5.92 Å². The summed E-state index contributed by atoms with van der Waals surface area (Å²) >= 11 is 1.33. The predicted octanol–water partition coefficient (Wildman–Crippen LogP) is -3.57. The van der Waals surface area contributed by atoms with Crippen molar-refractivity contribution in [2.75, 3.05) is 6.61 Å². The van der Waals surface area contributed by atoms with E-state index in [-0.39, 0.29) is 52.6 Å². The number of aliphatic hydroxyl groups is 1. The van der Waals surface area contributed by atoms with Crippen LogP contribution < -0.4 is 34.7 Å². The van der Waals surface area contributed by atoms with E-state index in [4.69, 9.17) is 4.74 Å². The molecule has 8 heteroatoms. The number of nitrogens with zero attached hydrogens (tertiary/aromatic N) is 1. The maximum Gasteiger partial charge on any atom is 1.00 e. The molecule has 110 valence electrons. The molecular formula is C13H16NNaO5S. The molecular weight excluding hydrogens is 305 g/mol. The summed E-state index contributed by atoms with van der Waals surface area (Å²) in [7, 11) is 0. The summed E-state index contributed by atoms with van der Waals surface area (Å²) < 4.78 is 5.53. The average molecular weight is 321 g/mol. The molecule has 2 fully saturated rings. The van der Waals surface area contributed by atoms with Gasteiger partial charge in [0.2, 0.25) is 5.91 Å². The number of carboxylic acids is 1. The van der Waals surface area contributed by atoms with Crippen molar-refractivity contribution in [1.29, 1.82) is 0 Å². The third-order valence-electron chi connectivity index (χ3n) is 4.05.